The number of anilines is 1. The summed E-state index contributed by atoms with van der Waals surface area (Å²) >= 11 is 0. The zero-order valence-corrected chi connectivity index (χ0v) is 11.0. The first-order valence-corrected chi connectivity index (χ1v) is 5.64. The molecule has 92 valence electrons. The van der Waals surface area contributed by atoms with Crippen LogP contribution in [-0.2, 0) is 4.79 Å². The Morgan fingerprint density at radius 1 is 1.12 bits per heavy atom. The van der Waals surface area contributed by atoms with Gasteiger partial charge in [0.25, 0.3) is 0 Å². The van der Waals surface area contributed by atoms with Crippen molar-refractivity contribution in [3.63, 3.8) is 0 Å². The Bertz CT molecular complexity index is 456. The molecule has 1 rings (SSSR count). The van der Waals surface area contributed by atoms with Crippen LogP contribution in [-0.4, -0.2) is 11.7 Å². The lowest BCUT2D eigenvalue weighted by atomic mass is 9.86. The number of carbonyl (C=O) groups is 2. The third kappa shape index (κ3) is 3.70. The first-order valence-electron chi connectivity index (χ1n) is 5.64. The standard InChI is InChI=1S/C14H19NO2/c1-9-6-11(13(17)14(3,4)5)8-12(7-9)15-10(2)16/h6-8H,1-5H3,(H,15,16). The summed E-state index contributed by atoms with van der Waals surface area (Å²) in [5, 5.41) is 2.70. The number of carbonyl (C=O) groups excluding carboxylic acids is 2. The molecule has 1 amide bonds. The summed E-state index contributed by atoms with van der Waals surface area (Å²) in [6.07, 6.45) is 0. The van der Waals surface area contributed by atoms with Crippen molar-refractivity contribution in [1.29, 1.82) is 0 Å². The third-order valence-corrected chi connectivity index (χ3v) is 2.34. The van der Waals surface area contributed by atoms with E-state index in [2.05, 4.69) is 5.32 Å². The fourth-order valence-corrected chi connectivity index (χ4v) is 1.62. The van der Waals surface area contributed by atoms with Gasteiger partial charge in [0.2, 0.25) is 5.91 Å². The zero-order valence-electron chi connectivity index (χ0n) is 11.0. The number of amides is 1. The molecular formula is C14H19NO2. The molecule has 3 nitrogen and oxygen atoms in total. The second-order valence-corrected chi connectivity index (χ2v) is 5.35. The number of aryl methyl sites for hydroxylation is 1. The number of hydrogen-bond acceptors (Lipinski definition) is 2. The van der Waals surface area contributed by atoms with E-state index in [1.54, 1.807) is 6.07 Å². The Morgan fingerprint density at radius 3 is 2.18 bits per heavy atom. The topological polar surface area (TPSA) is 46.2 Å². The number of benzene rings is 1. The quantitative estimate of drug-likeness (QED) is 0.797. The molecule has 0 atom stereocenters. The van der Waals surface area contributed by atoms with Gasteiger partial charge in [-0.25, -0.2) is 0 Å². The van der Waals surface area contributed by atoms with E-state index < -0.39 is 5.41 Å². The molecule has 0 aliphatic carbocycles. The van der Waals surface area contributed by atoms with Crippen LogP contribution >= 0.6 is 0 Å². The van der Waals surface area contributed by atoms with Gasteiger partial charge in [-0.15, -0.1) is 0 Å². The molecule has 0 bridgehead atoms. The lowest BCUT2D eigenvalue weighted by Crippen LogP contribution is -2.20. The van der Waals surface area contributed by atoms with Gasteiger partial charge in [0.15, 0.2) is 5.78 Å². The maximum atomic E-state index is 12.1. The molecule has 17 heavy (non-hydrogen) atoms. The highest BCUT2D eigenvalue weighted by Crippen LogP contribution is 2.24. The Morgan fingerprint density at radius 2 is 1.71 bits per heavy atom. The van der Waals surface area contributed by atoms with Crippen molar-refractivity contribution in [3.8, 4) is 0 Å². The summed E-state index contributed by atoms with van der Waals surface area (Å²) in [5.41, 5.74) is 1.86. The van der Waals surface area contributed by atoms with Crippen LogP contribution in [0, 0.1) is 12.3 Å². The van der Waals surface area contributed by atoms with Crippen molar-refractivity contribution in [2.75, 3.05) is 5.32 Å². The third-order valence-electron chi connectivity index (χ3n) is 2.34. The summed E-state index contributed by atoms with van der Waals surface area (Å²) in [7, 11) is 0. The first-order chi connectivity index (χ1) is 7.70. The lowest BCUT2D eigenvalue weighted by molar-refractivity contribution is -0.114. The monoisotopic (exact) mass is 233 g/mol. The molecule has 0 spiro atoms. The van der Waals surface area contributed by atoms with E-state index in [1.165, 1.54) is 6.92 Å². The second kappa shape index (κ2) is 4.70. The summed E-state index contributed by atoms with van der Waals surface area (Å²) in [6.45, 7) is 9.01. The van der Waals surface area contributed by atoms with E-state index in [0.29, 0.717) is 11.3 Å². The molecule has 0 unspecified atom stereocenters. The fourth-order valence-electron chi connectivity index (χ4n) is 1.62. The minimum atomic E-state index is -0.415. The van der Waals surface area contributed by atoms with E-state index >= 15 is 0 Å². The van der Waals surface area contributed by atoms with E-state index in [4.69, 9.17) is 0 Å². The van der Waals surface area contributed by atoms with Crippen molar-refractivity contribution < 1.29 is 9.59 Å². The van der Waals surface area contributed by atoms with Crippen LogP contribution in [0.3, 0.4) is 0 Å². The van der Waals surface area contributed by atoms with Crippen molar-refractivity contribution in [2.24, 2.45) is 5.41 Å². The number of ketones is 1. The van der Waals surface area contributed by atoms with Gasteiger partial charge in [-0.05, 0) is 30.7 Å². The molecule has 0 aromatic heterocycles. The lowest BCUT2D eigenvalue weighted by Gasteiger charge is -2.17. The van der Waals surface area contributed by atoms with Crippen LogP contribution in [0.5, 0.6) is 0 Å². The van der Waals surface area contributed by atoms with Crippen molar-refractivity contribution in [3.05, 3.63) is 29.3 Å². The Labute approximate surface area is 102 Å². The Balaban J connectivity index is 3.14. The van der Waals surface area contributed by atoms with E-state index in [0.717, 1.165) is 5.56 Å². The Hall–Kier alpha value is -1.64. The molecule has 1 aromatic rings. The van der Waals surface area contributed by atoms with Gasteiger partial charge in [0.05, 0.1) is 0 Å². The van der Waals surface area contributed by atoms with Gasteiger partial charge in [0, 0.05) is 23.6 Å². The van der Waals surface area contributed by atoms with E-state index in [9.17, 15) is 9.59 Å². The minimum Gasteiger partial charge on any atom is -0.326 e. The fraction of sp³-hybridized carbons (Fsp3) is 0.429. The van der Waals surface area contributed by atoms with Gasteiger partial charge in [0.1, 0.15) is 0 Å². The highest BCUT2D eigenvalue weighted by molar-refractivity contribution is 6.01. The highest BCUT2D eigenvalue weighted by atomic mass is 16.1. The van der Waals surface area contributed by atoms with Gasteiger partial charge in [-0.1, -0.05) is 20.8 Å². The van der Waals surface area contributed by atoms with Gasteiger partial charge < -0.3 is 5.32 Å². The molecule has 0 heterocycles. The van der Waals surface area contributed by atoms with E-state index in [1.807, 2.05) is 39.8 Å². The zero-order chi connectivity index (χ0) is 13.2. The molecule has 1 aromatic carbocycles. The SMILES string of the molecule is CC(=O)Nc1cc(C)cc(C(=O)C(C)(C)C)c1. The molecule has 0 fully saturated rings. The van der Waals surface area contributed by atoms with Gasteiger partial charge in [-0.2, -0.15) is 0 Å². The van der Waals surface area contributed by atoms with Crippen LogP contribution in [0.25, 0.3) is 0 Å². The number of nitrogens with one attached hydrogen (secondary N) is 1. The minimum absolute atomic E-state index is 0.0767. The predicted molar refractivity (Wildman–Crippen MR) is 69.3 cm³/mol. The average Bonchev–Trinajstić information content (AvgIpc) is 2.12. The summed E-state index contributed by atoms with van der Waals surface area (Å²) in [4.78, 5) is 23.2. The molecule has 0 saturated heterocycles. The molecule has 0 saturated carbocycles. The van der Waals surface area contributed by atoms with Crippen LogP contribution in [0.2, 0.25) is 0 Å². The molecule has 1 N–H and O–H groups in total. The summed E-state index contributed by atoms with van der Waals surface area (Å²) in [5.74, 6) is -0.0578. The maximum absolute atomic E-state index is 12.1. The molecule has 0 radical (unpaired) electrons. The van der Waals surface area contributed by atoms with Crippen molar-refractivity contribution in [2.45, 2.75) is 34.6 Å². The molecule has 0 aliphatic heterocycles. The molecular weight excluding hydrogens is 214 g/mol. The largest absolute Gasteiger partial charge is 0.326 e. The van der Waals surface area contributed by atoms with Gasteiger partial charge >= 0.3 is 0 Å². The van der Waals surface area contributed by atoms with E-state index in [-0.39, 0.29) is 11.7 Å². The smallest absolute Gasteiger partial charge is 0.221 e. The number of rotatable bonds is 2. The Kier molecular flexibility index (Phi) is 3.71. The van der Waals surface area contributed by atoms with Crippen LogP contribution < -0.4 is 5.32 Å². The first kappa shape index (κ1) is 13.4. The predicted octanol–water partition coefficient (Wildman–Crippen LogP) is 3.18. The van der Waals surface area contributed by atoms with Crippen molar-refractivity contribution >= 4 is 17.4 Å². The highest BCUT2D eigenvalue weighted by Gasteiger charge is 2.23. The van der Waals surface area contributed by atoms with Crippen LogP contribution in [0.4, 0.5) is 5.69 Å². The van der Waals surface area contributed by atoms with Crippen LogP contribution in [0.1, 0.15) is 43.6 Å². The van der Waals surface area contributed by atoms with Gasteiger partial charge in [-0.3, -0.25) is 9.59 Å². The van der Waals surface area contributed by atoms with Crippen molar-refractivity contribution in [1.82, 2.24) is 0 Å². The second-order valence-electron chi connectivity index (χ2n) is 5.35. The maximum Gasteiger partial charge on any atom is 0.221 e. The summed E-state index contributed by atoms with van der Waals surface area (Å²) < 4.78 is 0. The average molecular weight is 233 g/mol. The van der Waals surface area contributed by atoms with Crippen LogP contribution in [0.15, 0.2) is 18.2 Å². The number of Topliss-reactive ketones (excluding diaryl/α,β-unsaturated/α-hetero) is 1. The molecule has 0 aliphatic rings. The number of hydrogen-bond donors (Lipinski definition) is 1. The summed E-state index contributed by atoms with van der Waals surface area (Å²) in [6, 6.07) is 5.42. The normalized spacial score (nSPS) is 11.1. The molecule has 3 heteroatoms.